The lowest BCUT2D eigenvalue weighted by Crippen LogP contribution is -1.92. The molecule has 6 heteroatoms. The molecule has 0 aliphatic heterocycles. The number of hydrogen-bond acceptors (Lipinski definition) is 4. The zero-order valence-electron chi connectivity index (χ0n) is 14.5. The molecule has 0 saturated carbocycles. The van der Waals surface area contributed by atoms with Gasteiger partial charge in [-0.2, -0.15) is 5.26 Å². The molecule has 0 aliphatic carbocycles. The lowest BCUT2D eigenvalue weighted by molar-refractivity contribution is 0.628. The molecular formula is C22H13ClFN3S. The molecule has 0 unspecified atom stereocenters. The van der Waals surface area contributed by atoms with Crippen molar-refractivity contribution in [3.8, 4) is 17.3 Å². The minimum absolute atomic E-state index is 0.0180. The second-order valence-electron chi connectivity index (χ2n) is 6.01. The lowest BCUT2D eigenvalue weighted by atomic mass is 10.0. The number of rotatable bonds is 4. The minimum atomic E-state index is -0.489. The third-order valence-electron chi connectivity index (χ3n) is 4.22. The molecule has 136 valence electrons. The summed E-state index contributed by atoms with van der Waals surface area (Å²) >= 11 is 7.19. The highest BCUT2D eigenvalue weighted by atomic mass is 35.5. The summed E-state index contributed by atoms with van der Waals surface area (Å²) in [7, 11) is 0. The number of thiazole rings is 1. The summed E-state index contributed by atoms with van der Waals surface area (Å²) < 4.78 is 13.3. The summed E-state index contributed by atoms with van der Waals surface area (Å²) in [6, 6.07) is 20.6. The van der Waals surface area contributed by atoms with Crippen molar-refractivity contribution in [2.45, 2.75) is 0 Å². The van der Waals surface area contributed by atoms with Crippen molar-refractivity contribution in [3.05, 3.63) is 88.1 Å². The SMILES string of the molecule is N#C/C(=C\Nc1ccc(F)c(Cl)c1)c1nc(-c2cccc3ccccc23)cs1. The molecule has 4 aromatic rings. The topological polar surface area (TPSA) is 48.7 Å². The molecule has 28 heavy (non-hydrogen) atoms. The van der Waals surface area contributed by atoms with Gasteiger partial charge in [-0.15, -0.1) is 11.3 Å². The van der Waals surface area contributed by atoms with Crippen molar-refractivity contribution in [3.63, 3.8) is 0 Å². The van der Waals surface area contributed by atoms with Crippen LogP contribution in [0.5, 0.6) is 0 Å². The molecule has 3 nitrogen and oxygen atoms in total. The van der Waals surface area contributed by atoms with E-state index >= 15 is 0 Å². The summed E-state index contributed by atoms with van der Waals surface area (Å²) in [6.07, 6.45) is 1.55. The van der Waals surface area contributed by atoms with E-state index in [1.54, 1.807) is 12.3 Å². The molecule has 1 heterocycles. The number of allylic oxidation sites excluding steroid dienone is 1. The van der Waals surface area contributed by atoms with Crippen LogP contribution in [0.15, 0.2) is 72.2 Å². The third kappa shape index (κ3) is 3.61. The summed E-state index contributed by atoms with van der Waals surface area (Å²) in [5, 5.41) is 17.3. The van der Waals surface area contributed by atoms with Gasteiger partial charge in [0.05, 0.1) is 10.7 Å². The highest BCUT2D eigenvalue weighted by Crippen LogP contribution is 2.31. The first-order valence-corrected chi connectivity index (χ1v) is 9.67. The van der Waals surface area contributed by atoms with Crippen LogP contribution in [0.4, 0.5) is 10.1 Å². The molecule has 0 aliphatic rings. The van der Waals surface area contributed by atoms with Gasteiger partial charge in [0.25, 0.3) is 0 Å². The van der Waals surface area contributed by atoms with Crippen molar-refractivity contribution in [1.82, 2.24) is 4.98 Å². The second kappa shape index (κ2) is 7.81. The van der Waals surface area contributed by atoms with Gasteiger partial charge in [0.2, 0.25) is 0 Å². The van der Waals surface area contributed by atoms with Crippen molar-refractivity contribution < 1.29 is 4.39 Å². The normalized spacial score (nSPS) is 11.4. The van der Waals surface area contributed by atoms with E-state index in [9.17, 15) is 9.65 Å². The van der Waals surface area contributed by atoms with Gasteiger partial charge < -0.3 is 5.32 Å². The van der Waals surface area contributed by atoms with E-state index in [1.807, 2.05) is 29.6 Å². The highest BCUT2D eigenvalue weighted by molar-refractivity contribution is 7.11. The Bertz CT molecular complexity index is 1230. The van der Waals surface area contributed by atoms with E-state index in [0.29, 0.717) is 16.3 Å². The Kier molecular flexibility index (Phi) is 5.07. The zero-order chi connectivity index (χ0) is 19.5. The van der Waals surface area contributed by atoms with E-state index in [0.717, 1.165) is 22.0 Å². The van der Waals surface area contributed by atoms with Crippen molar-refractivity contribution >= 4 is 45.0 Å². The summed E-state index contributed by atoms with van der Waals surface area (Å²) in [6.45, 7) is 0. The van der Waals surface area contributed by atoms with Crippen LogP contribution in [0, 0.1) is 17.1 Å². The largest absolute Gasteiger partial charge is 0.360 e. The Morgan fingerprint density at radius 3 is 2.79 bits per heavy atom. The Labute approximate surface area is 170 Å². The fraction of sp³-hybridized carbons (Fsp3) is 0. The lowest BCUT2D eigenvalue weighted by Gasteiger charge is -2.04. The first-order valence-electron chi connectivity index (χ1n) is 8.41. The van der Waals surface area contributed by atoms with Crippen molar-refractivity contribution in [2.75, 3.05) is 5.32 Å². The predicted octanol–water partition coefficient (Wildman–Crippen LogP) is 6.73. The standard InChI is InChI=1S/C22H13ClFN3S/c23-19-10-16(8-9-20(19)24)26-12-15(11-25)22-27-21(13-28-22)18-7-3-5-14-4-1-2-6-17(14)18/h1-10,12-13,26H/b15-12+. The smallest absolute Gasteiger partial charge is 0.141 e. The molecule has 3 aromatic carbocycles. The Morgan fingerprint density at radius 2 is 1.96 bits per heavy atom. The molecule has 0 spiro atoms. The van der Waals surface area contributed by atoms with Gasteiger partial charge in [-0.25, -0.2) is 9.37 Å². The number of anilines is 1. The zero-order valence-corrected chi connectivity index (χ0v) is 16.1. The molecule has 0 saturated heterocycles. The van der Waals surface area contributed by atoms with Crippen LogP contribution in [-0.2, 0) is 0 Å². The first kappa shape index (κ1) is 18.2. The predicted molar refractivity (Wildman–Crippen MR) is 114 cm³/mol. The molecule has 0 radical (unpaired) electrons. The molecule has 1 N–H and O–H groups in total. The third-order valence-corrected chi connectivity index (χ3v) is 5.39. The van der Waals surface area contributed by atoms with E-state index in [-0.39, 0.29) is 5.02 Å². The van der Waals surface area contributed by atoms with Crippen LogP contribution >= 0.6 is 22.9 Å². The Morgan fingerprint density at radius 1 is 1.14 bits per heavy atom. The van der Waals surface area contributed by atoms with Crippen LogP contribution in [-0.4, -0.2) is 4.98 Å². The maximum atomic E-state index is 13.3. The molecule has 0 fully saturated rings. The molecule has 1 aromatic heterocycles. The van der Waals surface area contributed by atoms with Crippen LogP contribution in [0.1, 0.15) is 5.01 Å². The highest BCUT2D eigenvalue weighted by Gasteiger charge is 2.11. The van der Waals surface area contributed by atoms with Gasteiger partial charge in [0.15, 0.2) is 0 Å². The van der Waals surface area contributed by atoms with Crippen LogP contribution in [0.25, 0.3) is 27.6 Å². The Hall–Kier alpha value is -3.20. The van der Waals surface area contributed by atoms with Gasteiger partial charge in [-0.3, -0.25) is 0 Å². The number of hydrogen-bond donors (Lipinski definition) is 1. The number of nitrogens with zero attached hydrogens (tertiary/aromatic N) is 2. The first-order chi connectivity index (χ1) is 13.7. The van der Waals surface area contributed by atoms with Gasteiger partial charge >= 0.3 is 0 Å². The molecule has 4 rings (SSSR count). The summed E-state index contributed by atoms with van der Waals surface area (Å²) in [5.74, 6) is -0.489. The number of halogens is 2. The maximum absolute atomic E-state index is 13.3. The van der Waals surface area contributed by atoms with Crippen molar-refractivity contribution in [1.29, 1.82) is 5.26 Å². The molecule has 0 bridgehead atoms. The van der Waals surface area contributed by atoms with E-state index in [1.165, 1.54) is 23.5 Å². The van der Waals surface area contributed by atoms with Crippen LogP contribution in [0.2, 0.25) is 5.02 Å². The Balaban J connectivity index is 1.65. The van der Waals surface area contributed by atoms with Gasteiger partial charge in [-0.1, -0.05) is 54.1 Å². The molecule has 0 atom stereocenters. The molecule has 0 amide bonds. The number of fused-ring (bicyclic) bond motifs is 1. The summed E-state index contributed by atoms with van der Waals surface area (Å²) in [4.78, 5) is 4.65. The second-order valence-corrected chi connectivity index (χ2v) is 7.27. The maximum Gasteiger partial charge on any atom is 0.141 e. The average molecular weight is 406 g/mol. The van der Waals surface area contributed by atoms with E-state index in [2.05, 4.69) is 34.6 Å². The minimum Gasteiger partial charge on any atom is -0.360 e. The quantitative estimate of drug-likeness (QED) is 0.383. The summed E-state index contributed by atoms with van der Waals surface area (Å²) in [5.41, 5.74) is 2.82. The van der Waals surface area contributed by atoms with Gasteiger partial charge in [0.1, 0.15) is 22.5 Å². The number of nitrogens with one attached hydrogen (secondary N) is 1. The number of benzene rings is 3. The number of aromatic nitrogens is 1. The van der Waals surface area contributed by atoms with Crippen LogP contribution in [0.3, 0.4) is 0 Å². The average Bonchev–Trinajstić information content (AvgIpc) is 3.20. The fourth-order valence-corrected chi connectivity index (χ4v) is 3.82. The fourth-order valence-electron chi connectivity index (χ4n) is 2.85. The monoisotopic (exact) mass is 405 g/mol. The van der Waals surface area contributed by atoms with Crippen LogP contribution < -0.4 is 5.32 Å². The van der Waals surface area contributed by atoms with Gasteiger partial charge in [-0.05, 0) is 29.0 Å². The molecular weight excluding hydrogens is 393 g/mol. The number of nitriles is 1. The van der Waals surface area contributed by atoms with E-state index < -0.39 is 5.82 Å². The van der Waals surface area contributed by atoms with Crippen molar-refractivity contribution in [2.24, 2.45) is 0 Å². The van der Waals surface area contributed by atoms with E-state index in [4.69, 9.17) is 11.6 Å². The van der Waals surface area contributed by atoms with Gasteiger partial charge in [0, 0.05) is 22.8 Å².